The Morgan fingerprint density at radius 2 is 2.08 bits per heavy atom. The molecule has 0 saturated carbocycles. The van der Waals surface area contributed by atoms with E-state index in [0.29, 0.717) is 17.5 Å². The number of methoxy groups -OCH3 is 1. The molecule has 2 N–H and O–H groups in total. The number of guanidine groups is 1. The van der Waals surface area contributed by atoms with Crippen LogP contribution in [0.15, 0.2) is 29.3 Å². The Bertz CT molecular complexity index is 599. The summed E-state index contributed by atoms with van der Waals surface area (Å²) in [5, 5.41) is 6.84. The second kappa shape index (κ2) is 9.63. The van der Waals surface area contributed by atoms with Gasteiger partial charge in [0.15, 0.2) is 5.96 Å². The Balaban J connectivity index is 2.64. The van der Waals surface area contributed by atoms with Crippen LogP contribution >= 0.6 is 11.6 Å². The number of amides is 1. The number of nitrogens with zero attached hydrogens (tertiary/aromatic N) is 2. The lowest BCUT2D eigenvalue weighted by molar-refractivity contribution is -0.122. The van der Waals surface area contributed by atoms with Gasteiger partial charge in [0.25, 0.3) is 0 Å². The molecule has 6 nitrogen and oxygen atoms in total. The number of carbonyl (C=O) groups is 1. The van der Waals surface area contributed by atoms with E-state index >= 15 is 0 Å². The molecule has 140 valence electrons. The summed E-state index contributed by atoms with van der Waals surface area (Å²) in [5.41, 5.74) is 0.717. The number of hydrogen-bond acceptors (Lipinski definition) is 3. The van der Waals surface area contributed by atoms with E-state index in [4.69, 9.17) is 16.3 Å². The van der Waals surface area contributed by atoms with Gasteiger partial charge in [0.05, 0.1) is 12.6 Å². The molecule has 0 fully saturated rings. The summed E-state index contributed by atoms with van der Waals surface area (Å²) in [6, 6.07) is 7.55. The summed E-state index contributed by atoms with van der Waals surface area (Å²) in [5.74, 6) is 0.559. The predicted octanol–water partition coefficient (Wildman–Crippen LogP) is 2.45. The van der Waals surface area contributed by atoms with E-state index in [2.05, 4.69) is 15.6 Å². The van der Waals surface area contributed by atoms with Gasteiger partial charge in [-0.1, -0.05) is 23.7 Å². The molecule has 0 aliphatic rings. The maximum atomic E-state index is 12.1. The summed E-state index contributed by atoms with van der Waals surface area (Å²) < 4.78 is 5.54. The summed E-state index contributed by atoms with van der Waals surface area (Å²) in [6.07, 6.45) is -0.174. The van der Waals surface area contributed by atoms with Gasteiger partial charge >= 0.3 is 0 Å². The maximum Gasteiger partial charge on any atom is 0.240 e. The monoisotopic (exact) mass is 368 g/mol. The smallest absolute Gasteiger partial charge is 0.240 e. The molecule has 1 amide bonds. The minimum atomic E-state index is -0.261. The molecule has 1 aromatic carbocycles. The highest BCUT2D eigenvalue weighted by Crippen LogP contribution is 2.19. The number of aliphatic imine (C=N–C) groups is 1. The molecule has 0 radical (unpaired) electrons. The lowest BCUT2D eigenvalue weighted by Crippen LogP contribution is -2.49. The SMILES string of the molecule is CN=C(NCC(OC)c1cccc(Cl)c1)N(C)CC(=O)NC(C)(C)C. The standard InChI is InChI=1S/C18H29ClN4O2/c1-18(2,3)22-16(24)12-23(5)17(20-4)21-11-15(25-6)13-8-7-9-14(19)10-13/h7-10,15H,11-12H2,1-6H3,(H,20,21)(H,22,24). The molecule has 1 aromatic rings. The summed E-state index contributed by atoms with van der Waals surface area (Å²) in [7, 11) is 5.15. The number of hydrogen-bond donors (Lipinski definition) is 2. The Labute approximate surface area is 155 Å². The fourth-order valence-electron chi connectivity index (χ4n) is 2.36. The van der Waals surface area contributed by atoms with Crippen molar-refractivity contribution in [3.8, 4) is 0 Å². The summed E-state index contributed by atoms with van der Waals surface area (Å²) in [6.45, 7) is 6.57. The molecule has 1 unspecified atom stereocenters. The van der Waals surface area contributed by atoms with Crippen LogP contribution in [-0.4, -0.2) is 56.6 Å². The topological polar surface area (TPSA) is 66.0 Å². The van der Waals surface area contributed by atoms with Crippen molar-refractivity contribution in [2.75, 3.05) is 34.3 Å². The van der Waals surface area contributed by atoms with Crippen molar-refractivity contribution >= 4 is 23.5 Å². The molecular weight excluding hydrogens is 340 g/mol. The molecule has 25 heavy (non-hydrogen) atoms. The zero-order chi connectivity index (χ0) is 19.0. The Hall–Kier alpha value is -1.79. The van der Waals surface area contributed by atoms with Gasteiger partial charge < -0.3 is 20.3 Å². The van der Waals surface area contributed by atoms with Crippen molar-refractivity contribution in [2.24, 2.45) is 4.99 Å². The number of nitrogens with one attached hydrogen (secondary N) is 2. The van der Waals surface area contributed by atoms with Crippen molar-refractivity contribution in [3.63, 3.8) is 0 Å². The Kier molecular flexibility index (Phi) is 8.19. The van der Waals surface area contributed by atoms with Crippen molar-refractivity contribution in [1.82, 2.24) is 15.5 Å². The maximum absolute atomic E-state index is 12.1. The van der Waals surface area contributed by atoms with Gasteiger partial charge in [-0.2, -0.15) is 0 Å². The van der Waals surface area contributed by atoms with E-state index in [0.717, 1.165) is 5.56 Å². The van der Waals surface area contributed by atoms with Crippen LogP contribution in [0.3, 0.4) is 0 Å². The third-order valence-electron chi connectivity index (χ3n) is 3.42. The van der Waals surface area contributed by atoms with Crippen LogP contribution in [0.4, 0.5) is 0 Å². The number of carbonyl (C=O) groups excluding carboxylic acids is 1. The highest BCUT2D eigenvalue weighted by atomic mass is 35.5. The molecule has 0 aromatic heterocycles. The van der Waals surface area contributed by atoms with Gasteiger partial charge in [0.2, 0.25) is 5.91 Å². The molecule has 1 rings (SSSR count). The lowest BCUT2D eigenvalue weighted by atomic mass is 10.1. The second-order valence-electron chi connectivity index (χ2n) is 6.86. The van der Waals surface area contributed by atoms with Gasteiger partial charge in [0, 0.05) is 38.3 Å². The molecule has 0 aliphatic carbocycles. The van der Waals surface area contributed by atoms with Gasteiger partial charge in [-0.15, -0.1) is 0 Å². The van der Waals surface area contributed by atoms with Crippen LogP contribution in [0, 0.1) is 0 Å². The Morgan fingerprint density at radius 1 is 1.40 bits per heavy atom. The third-order valence-corrected chi connectivity index (χ3v) is 3.65. The zero-order valence-corrected chi connectivity index (χ0v) is 16.6. The van der Waals surface area contributed by atoms with E-state index in [1.807, 2.05) is 52.1 Å². The van der Waals surface area contributed by atoms with E-state index in [-0.39, 0.29) is 24.1 Å². The molecule has 0 heterocycles. The number of halogens is 1. The molecule has 0 saturated heterocycles. The average Bonchev–Trinajstić information content (AvgIpc) is 2.49. The Morgan fingerprint density at radius 3 is 2.60 bits per heavy atom. The minimum Gasteiger partial charge on any atom is -0.375 e. The highest BCUT2D eigenvalue weighted by Gasteiger charge is 2.18. The normalized spacial score (nSPS) is 13.3. The van der Waals surface area contributed by atoms with Crippen molar-refractivity contribution in [1.29, 1.82) is 0 Å². The third kappa shape index (κ3) is 7.75. The predicted molar refractivity (Wildman–Crippen MR) is 103 cm³/mol. The summed E-state index contributed by atoms with van der Waals surface area (Å²) in [4.78, 5) is 18.1. The fraction of sp³-hybridized carbons (Fsp3) is 0.556. The minimum absolute atomic E-state index is 0.0592. The molecule has 0 spiro atoms. The number of ether oxygens (including phenoxy) is 1. The zero-order valence-electron chi connectivity index (χ0n) is 15.9. The summed E-state index contributed by atoms with van der Waals surface area (Å²) >= 11 is 6.04. The molecule has 1 atom stereocenters. The van der Waals surface area contributed by atoms with Crippen LogP contribution < -0.4 is 10.6 Å². The molecule has 0 aliphatic heterocycles. The van der Waals surface area contributed by atoms with Crippen LogP contribution in [0.2, 0.25) is 5.02 Å². The second-order valence-corrected chi connectivity index (χ2v) is 7.30. The first-order chi connectivity index (χ1) is 11.7. The van der Waals surface area contributed by atoms with Gasteiger partial charge in [-0.25, -0.2) is 0 Å². The number of rotatable bonds is 6. The number of likely N-dealkylation sites (N-methyl/N-ethyl adjacent to an activating group) is 1. The van der Waals surface area contributed by atoms with E-state index in [9.17, 15) is 4.79 Å². The van der Waals surface area contributed by atoms with Crippen LogP contribution in [0.5, 0.6) is 0 Å². The molecule has 7 heteroatoms. The van der Waals surface area contributed by atoms with Crippen LogP contribution in [-0.2, 0) is 9.53 Å². The number of benzene rings is 1. The lowest BCUT2D eigenvalue weighted by Gasteiger charge is -2.26. The first kappa shape index (κ1) is 21.3. The first-order valence-corrected chi connectivity index (χ1v) is 8.55. The van der Waals surface area contributed by atoms with E-state index in [1.54, 1.807) is 19.1 Å². The van der Waals surface area contributed by atoms with Crippen LogP contribution in [0.25, 0.3) is 0 Å². The van der Waals surface area contributed by atoms with Crippen molar-refractivity contribution in [2.45, 2.75) is 32.4 Å². The van der Waals surface area contributed by atoms with Gasteiger partial charge in [-0.3, -0.25) is 9.79 Å². The average molecular weight is 369 g/mol. The first-order valence-electron chi connectivity index (χ1n) is 8.17. The largest absolute Gasteiger partial charge is 0.375 e. The van der Waals surface area contributed by atoms with Crippen molar-refractivity contribution in [3.05, 3.63) is 34.9 Å². The van der Waals surface area contributed by atoms with E-state index in [1.165, 1.54) is 0 Å². The molecular formula is C18H29ClN4O2. The highest BCUT2D eigenvalue weighted by molar-refractivity contribution is 6.30. The van der Waals surface area contributed by atoms with E-state index < -0.39 is 0 Å². The quantitative estimate of drug-likeness (QED) is 0.598. The molecule has 0 bridgehead atoms. The fourth-order valence-corrected chi connectivity index (χ4v) is 2.56. The van der Waals surface area contributed by atoms with Crippen LogP contribution in [0.1, 0.15) is 32.4 Å². The van der Waals surface area contributed by atoms with Crippen molar-refractivity contribution < 1.29 is 9.53 Å². The van der Waals surface area contributed by atoms with Gasteiger partial charge in [0.1, 0.15) is 0 Å². The van der Waals surface area contributed by atoms with Gasteiger partial charge in [-0.05, 0) is 38.5 Å².